The highest BCUT2D eigenvalue weighted by atomic mass is 16.5. The van der Waals surface area contributed by atoms with Crippen molar-refractivity contribution >= 4 is 11.7 Å². The highest BCUT2D eigenvalue weighted by molar-refractivity contribution is 5.67. The van der Waals surface area contributed by atoms with Crippen molar-refractivity contribution in [2.24, 2.45) is 0 Å². The first kappa shape index (κ1) is 16.5. The summed E-state index contributed by atoms with van der Waals surface area (Å²) >= 11 is 0. The number of rotatable bonds is 6. The third kappa shape index (κ3) is 3.77. The van der Waals surface area contributed by atoms with Crippen LogP contribution in [0.2, 0.25) is 0 Å². The zero-order valence-electron chi connectivity index (χ0n) is 13.8. The molecular weight excluding hydrogens is 326 g/mol. The van der Waals surface area contributed by atoms with E-state index in [4.69, 9.17) is 14.2 Å². The molecular formula is C16H17N5O4. The van der Waals surface area contributed by atoms with E-state index >= 15 is 0 Å². The number of hydrogen-bond acceptors (Lipinski definition) is 7. The molecule has 0 aliphatic heterocycles. The third-order valence-electron chi connectivity index (χ3n) is 3.52. The second-order valence-corrected chi connectivity index (χ2v) is 5.03. The average molecular weight is 343 g/mol. The SMILES string of the molecule is COc1ccc(COC(=O)NCc2cnn3nccnc23)c(OC)c1. The quantitative estimate of drug-likeness (QED) is 0.725. The average Bonchev–Trinajstić information content (AvgIpc) is 3.07. The van der Waals surface area contributed by atoms with Gasteiger partial charge in [-0.15, -0.1) is 4.63 Å². The monoisotopic (exact) mass is 343 g/mol. The number of benzene rings is 1. The Hall–Kier alpha value is -3.36. The molecule has 0 fully saturated rings. The van der Waals surface area contributed by atoms with Gasteiger partial charge in [0.15, 0.2) is 5.65 Å². The van der Waals surface area contributed by atoms with Crippen molar-refractivity contribution in [3.63, 3.8) is 0 Å². The molecule has 0 saturated carbocycles. The highest BCUT2D eigenvalue weighted by Gasteiger charge is 2.10. The Kier molecular flexibility index (Phi) is 4.93. The lowest BCUT2D eigenvalue weighted by Gasteiger charge is -2.11. The summed E-state index contributed by atoms with van der Waals surface area (Å²) in [6, 6.07) is 5.29. The molecule has 0 spiro atoms. The number of carbonyl (C=O) groups is 1. The van der Waals surface area contributed by atoms with Gasteiger partial charge in [0.2, 0.25) is 0 Å². The Morgan fingerprint density at radius 1 is 1.16 bits per heavy atom. The van der Waals surface area contributed by atoms with Crippen molar-refractivity contribution < 1.29 is 19.0 Å². The van der Waals surface area contributed by atoms with E-state index in [9.17, 15) is 4.79 Å². The van der Waals surface area contributed by atoms with Gasteiger partial charge in [-0.1, -0.05) is 0 Å². The maximum absolute atomic E-state index is 11.9. The first-order valence-electron chi connectivity index (χ1n) is 7.46. The molecule has 1 aromatic carbocycles. The van der Waals surface area contributed by atoms with Crippen LogP contribution in [0.3, 0.4) is 0 Å². The van der Waals surface area contributed by atoms with E-state index < -0.39 is 6.09 Å². The minimum Gasteiger partial charge on any atom is -0.497 e. The molecule has 0 radical (unpaired) electrons. The summed E-state index contributed by atoms with van der Waals surface area (Å²) in [6.45, 7) is 0.314. The molecule has 0 aliphatic carbocycles. The molecule has 9 nitrogen and oxygen atoms in total. The number of alkyl carbamates (subject to hydrolysis) is 1. The summed E-state index contributed by atoms with van der Waals surface area (Å²) in [5, 5.41) is 10.7. The van der Waals surface area contributed by atoms with Crippen LogP contribution in [-0.4, -0.2) is 40.1 Å². The van der Waals surface area contributed by atoms with E-state index in [1.165, 1.54) is 10.8 Å². The summed E-state index contributed by atoms with van der Waals surface area (Å²) in [4.78, 5) is 16.1. The van der Waals surface area contributed by atoms with E-state index in [2.05, 4.69) is 20.5 Å². The molecule has 0 aliphatic rings. The van der Waals surface area contributed by atoms with Crippen molar-refractivity contribution in [3.8, 4) is 11.5 Å². The van der Waals surface area contributed by atoms with E-state index in [0.29, 0.717) is 17.1 Å². The number of fused-ring (bicyclic) bond motifs is 1. The van der Waals surface area contributed by atoms with Crippen LogP contribution in [0.5, 0.6) is 11.5 Å². The van der Waals surface area contributed by atoms with Gasteiger partial charge in [-0.3, -0.25) is 0 Å². The molecule has 2 heterocycles. The second-order valence-electron chi connectivity index (χ2n) is 5.03. The van der Waals surface area contributed by atoms with Crippen LogP contribution in [0.25, 0.3) is 5.65 Å². The molecule has 130 valence electrons. The second kappa shape index (κ2) is 7.47. The molecule has 25 heavy (non-hydrogen) atoms. The molecule has 2 aromatic heterocycles. The number of hydrogen-bond donors (Lipinski definition) is 1. The Bertz CT molecular complexity index is 880. The van der Waals surface area contributed by atoms with Gasteiger partial charge < -0.3 is 19.5 Å². The van der Waals surface area contributed by atoms with Crippen molar-refractivity contribution in [2.75, 3.05) is 14.2 Å². The van der Waals surface area contributed by atoms with Crippen LogP contribution in [0.4, 0.5) is 4.79 Å². The molecule has 0 unspecified atom stereocenters. The lowest BCUT2D eigenvalue weighted by Crippen LogP contribution is -2.23. The number of methoxy groups -OCH3 is 2. The lowest BCUT2D eigenvalue weighted by molar-refractivity contribution is 0.138. The van der Waals surface area contributed by atoms with Gasteiger partial charge in [0, 0.05) is 23.4 Å². The van der Waals surface area contributed by atoms with Gasteiger partial charge in [0.25, 0.3) is 0 Å². The normalized spacial score (nSPS) is 10.5. The fourth-order valence-corrected chi connectivity index (χ4v) is 2.24. The van der Waals surface area contributed by atoms with Crippen molar-refractivity contribution in [3.05, 3.63) is 47.9 Å². The predicted octanol–water partition coefficient (Wildman–Crippen LogP) is 1.57. The summed E-state index contributed by atoms with van der Waals surface area (Å²) in [7, 11) is 3.12. The molecule has 3 rings (SSSR count). The molecule has 1 N–H and O–H groups in total. The van der Waals surface area contributed by atoms with E-state index in [0.717, 1.165) is 11.1 Å². The smallest absolute Gasteiger partial charge is 0.407 e. The van der Waals surface area contributed by atoms with Crippen LogP contribution >= 0.6 is 0 Å². The standard InChI is InChI=1S/C16H17N5O4/c1-23-13-4-3-11(14(7-13)24-2)10-25-16(22)18-8-12-9-20-21-15(12)17-5-6-19-21/h3-7,9H,8,10H2,1-2H3,(H,18,22). The molecule has 0 atom stereocenters. The van der Waals surface area contributed by atoms with Crippen LogP contribution < -0.4 is 14.8 Å². The number of carbonyl (C=O) groups excluding carboxylic acids is 1. The van der Waals surface area contributed by atoms with Gasteiger partial charge in [-0.05, 0) is 12.1 Å². The molecule has 0 bridgehead atoms. The van der Waals surface area contributed by atoms with Crippen LogP contribution in [0.15, 0.2) is 36.8 Å². The maximum Gasteiger partial charge on any atom is 0.407 e. The number of amides is 1. The van der Waals surface area contributed by atoms with Crippen LogP contribution in [0.1, 0.15) is 11.1 Å². The highest BCUT2D eigenvalue weighted by Crippen LogP contribution is 2.25. The Balaban J connectivity index is 1.56. The number of ether oxygens (including phenoxy) is 3. The Morgan fingerprint density at radius 2 is 2.04 bits per heavy atom. The number of nitrogens with one attached hydrogen (secondary N) is 1. The van der Waals surface area contributed by atoms with Gasteiger partial charge in [-0.25, -0.2) is 9.78 Å². The molecule has 0 saturated heterocycles. The van der Waals surface area contributed by atoms with Gasteiger partial charge >= 0.3 is 6.09 Å². The lowest BCUT2D eigenvalue weighted by atomic mass is 10.2. The first-order valence-corrected chi connectivity index (χ1v) is 7.46. The Morgan fingerprint density at radius 3 is 2.84 bits per heavy atom. The summed E-state index contributed by atoms with van der Waals surface area (Å²) in [6.07, 6.45) is 4.14. The minimum absolute atomic E-state index is 0.0770. The number of nitrogens with zero attached hydrogens (tertiary/aromatic N) is 4. The van der Waals surface area contributed by atoms with Crippen molar-refractivity contribution in [1.82, 2.24) is 25.1 Å². The summed E-state index contributed by atoms with van der Waals surface area (Å²) in [5.74, 6) is 1.25. The van der Waals surface area contributed by atoms with Crippen molar-refractivity contribution in [2.45, 2.75) is 13.2 Å². The summed E-state index contributed by atoms with van der Waals surface area (Å²) in [5.41, 5.74) is 2.06. The van der Waals surface area contributed by atoms with Gasteiger partial charge in [0.05, 0.1) is 33.2 Å². The number of aromatic nitrogens is 4. The molecule has 1 amide bonds. The molecule has 9 heteroatoms. The van der Waals surface area contributed by atoms with Crippen LogP contribution in [0, 0.1) is 0 Å². The van der Waals surface area contributed by atoms with Gasteiger partial charge in [-0.2, -0.15) is 10.2 Å². The zero-order chi connectivity index (χ0) is 17.6. The molecule has 3 aromatic rings. The predicted molar refractivity (Wildman–Crippen MR) is 87.4 cm³/mol. The maximum atomic E-state index is 11.9. The minimum atomic E-state index is -0.555. The third-order valence-corrected chi connectivity index (χ3v) is 3.52. The fraction of sp³-hybridized carbons (Fsp3) is 0.250. The van der Waals surface area contributed by atoms with E-state index in [-0.39, 0.29) is 13.2 Å². The largest absolute Gasteiger partial charge is 0.497 e. The fourth-order valence-electron chi connectivity index (χ4n) is 2.24. The zero-order valence-corrected chi connectivity index (χ0v) is 13.8. The van der Waals surface area contributed by atoms with E-state index in [1.807, 2.05) is 0 Å². The van der Waals surface area contributed by atoms with E-state index in [1.54, 1.807) is 44.8 Å². The van der Waals surface area contributed by atoms with Crippen molar-refractivity contribution in [1.29, 1.82) is 0 Å². The van der Waals surface area contributed by atoms with Crippen LogP contribution in [-0.2, 0) is 17.9 Å². The topological polar surface area (TPSA) is 99.9 Å². The van der Waals surface area contributed by atoms with Gasteiger partial charge in [0.1, 0.15) is 18.1 Å². The first-order chi connectivity index (χ1) is 12.2. The summed E-state index contributed by atoms with van der Waals surface area (Å²) < 4.78 is 17.0. The Labute approximate surface area is 143 Å².